The van der Waals surface area contributed by atoms with Crippen LogP contribution in [0.4, 0.5) is 0 Å². The van der Waals surface area contributed by atoms with Gasteiger partial charge in [-0.2, -0.15) is 0 Å². The van der Waals surface area contributed by atoms with Crippen molar-refractivity contribution in [1.29, 1.82) is 0 Å². The van der Waals surface area contributed by atoms with E-state index >= 15 is 0 Å². The minimum atomic E-state index is -0.279. The fraction of sp³-hybridized carbons (Fsp3) is 0.875. The van der Waals surface area contributed by atoms with Crippen molar-refractivity contribution in [1.82, 2.24) is 0 Å². The minimum absolute atomic E-state index is 0.0174. The van der Waals surface area contributed by atoms with Gasteiger partial charge < -0.3 is 4.74 Å². The zero-order valence-corrected chi connectivity index (χ0v) is 7.27. The maximum atomic E-state index is 10.7. The van der Waals surface area contributed by atoms with Gasteiger partial charge >= 0.3 is 5.97 Å². The zero-order valence-electron chi connectivity index (χ0n) is 6.51. The molecule has 1 saturated carbocycles. The number of esters is 1. The largest absolute Gasteiger partial charge is 0.461 e. The number of rotatable bonds is 2. The van der Waals surface area contributed by atoms with Crippen LogP contribution in [0.1, 0.15) is 32.1 Å². The van der Waals surface area contributed by atoms with Crippen molar-refractivity contribution in [3.63, 3.8) is 0 Å². The molecule has 0 unspecified atom stereocenters. The molecule has 3 heteroatoms. The summed E-state index contributed by atoms with van der Waals surface area (Å²) in [7, 11) is 0. The lowest BCUT2D eigenvalue weighted by molar-refractivity contribution is -0.147. The first-order valence-corrected chi connectivity index (χ1v) is 4.62. The number of carbonyl (C=O) groups excluding carboxylic acids is 1. The fourth-order valence-corrected chi connectivity index (χ4v) is 1.46. The van der Waals surface area contributed by atoms with Crippen LogP contribution in [0.15, 0.2) is 0 Å². The van der Waals surface area contributed by atoms with Gasteiger partial charge in [-0.1, -0.05) is 6.42 Å². The van der Waals surface area contributed by atoms with Crippen molar-refractivity contribution in [2.24, 2.45) is 0 Å². The van der Waals surface area contributed by atoms with Crippen molar-refractivity contribution in [3.8, 4) is 0 Å². The van der Waals surface area contributed by atoms with Crippen molar-refractivity contribution < 1.29 is 9.53 Å². The Morgan fingerprint density at radius 2 is 2.00 bits per heavy atom. The summed E-state index contributed by atoms with van der Waals surface area (Å²) >= 11 is 5.30. The van der Waals surface area contributed by atoms with E-state index in [1.165, 1.54) is 19.3 Å². The van der Waals surface area contributed by atoms with E-state index in [2.05, 4.69) is 0 Å². The van der Waals surface area contributed by atoms with Crippen LogP contribution in [-0.2, 0) is 9.53 Å². The predicted octanol–water partition coefficient (Wildman–Crippen LogP) is 2.10. The molecule has 0 N–H and O–H groups in total. The van der Waals surface area contributed by atoms with Gasteiger partial charge in [-0.3, -0.25) is 4.79 Å². The van der Waals surface area contributed by atoms with Crippen molar-refractivity contribution in [2.75, 3.05) is 5.88 Å². The minimum Gasteiger partial charge on any atom is -0.461 e. The first kappa shape index (κ1) is 8.85. The first-order valence-electron chi connectivity index (χ1n) is 4.08. The third-order valence-corrected chi connectivity index (χ3v) is 2.18. The Hall–Kier alpha value is -0.240. The number of alkyl halides is 1. The molecular formula is C8H13ClO2. The molecule has 0 bridgehead atoms. The number of hydrogen-bond donors (Lipinski definition) is 0. The fourth-order valence-electron chi connectivity index (χ4n) is 1.40. The van der Waals surface area contributed by atoms with Crippen LogP contribution in [0, 0.1) is 0 Å². The maximum absolute atomic E-state index is 10.7. The summed E-state index contributed by atoms with van der Waals surface area (Å²) in [6.45, 7) is 0. The molecule has 0 radical (unpaired) electrons. The van der Waals surface area contributed by atoms with Gasteiger partial charge in [-0.05, 0) is 25.7 Å². The van der Waals surface area contributed by atoms with Gasteiger partial charge in [-0.25, -0.2) is 0 Å². The van der Waals surface area contributed by atoms with Gasteiger partial charge in [0.2, 0.25) is 0 Å². The van der Waals surface area contributed by atoms with E-state index in [1.807, 2.05) is 0 Å². The number of halogens is 1. The summed E-state index contributed by atoms with van der Waals surface area (Å²) in [5.74, 6) is -0.296. The molecule has 0 amide bonds. The summed E-state index contributed by atoms with van der Waals surface area (Å²) in [4.78, 5) is 10.7. The lowest BCUT2D eigenvalue weighted by Gasteiger charge is -2.21. The van der Waals surface area contributed by atoms with Crippen LogP contribution in [0.2, 0.25) is 0 Å². The molecule has 1 rings (SSSR count). The molecule has 11 heavy (non-hydrogen) atoms. The van der Waals surface area contributed by atoms with E-state index in [1.54, 1.807) is 0 Å². The topological polar surface area (TPSA) is 26.3 Å². The highest BCUT2D eigenvalue weighted by molar-refractivity contribution is 6.26. The Kier molecular flexibility index (Phi) is 3.70. The van der Waals surface area contributed by atoms with Crippen molar-refractivity contribution >= 4 is 17.6 Å². The van der Waals surface area contributed by atoms with Crippen LogP contribution in [0.3, 0.4) is 0 Å². The van der Waals surface area contributed by atoms with Crippen LogP contribution < -0.4 is 0 Å². The predicted molar refractivity (Wildman–Crippen MR) is 43.7 cm³/mol. The van der Waals surface area contributed by atoms with Crippen LogP contribution in [0.25, 0.3) is 0 Å². The summed E-state index contributed by atoms with van der Waals surface area (Å²) in [6, 6.07) is 0. The monoisotopic (exact) mass is 176 g/mol. The zero-order chi connectivity index (χ0) is 8.10. The van der Waals surface area contributed by atoms with Crippen molar-refractivity contribution in [2.45, 2.75) is 38.2 Å². The molecule has 0 aromatic heterocycles. The average molecular weight is 177 g/mol. The quantitative estimate of drug-likeness (QED) is 0.476. The normalized spacial score (nSPS) is 19.7. The lowest BCUT2D eigenvalue weighted by Crippen LogP contribution is -2.21. The number of ether oxygens (including phenoxy) is 1. The molecule has 0 saturated heterocycles. The molecule has 0 spiro atoms. The van der Waals surface area contributed by atoms with Gasteiger partial charge in [0, 0.05) is 0 Å². The highest BCUT2D eigenvalue weighted by atomic mass is 35.5. The molecule has 1 aliphatic rings. The molecule has 0 aliphatic heterocycles. The Morgan fingerprint density at radius 3 is 2.55 bits per heavy atom. The van der Waals surface area contributed by atoms with Crippen LogP contribution in [0.5, 0.6) is 0 Å². The smallest absolute Gasteiger partial charge is 0.321 e. The van der Waals surface area contributed by atoms with Gasteiger partial charge in [0.15, 0.2) is 0 Å². The number of hydrogen-bond acceptors (Lipinski definition) is 2. The SMILES string of the molecule is O=C(CCl)OC1CCCCC1. The molecule has 0 heterocycles. The molecule has 0 atom stereocenters. The van der Waals surface area contributed by atoms with E-state index in [9.17, 15) is 4.79 Å². The maximum Gasteiger partial charge on any atom is 0.321 e. The van der Waals surface area contributed by atoms with Crippen LogP contribution in [-0.4, -0.2) is 18.0 Å². The Bertz CT molecular complexity index is 130. The van der Waals surface area contributed by atoms with Crippen LogP contribution >= 0.6 is 11.6 Å². The standard InChI is InChI=1S/C8H13ClO2/c9-6-8(10)11-7-4-2-1-3-5-7/h7H,1-6H2. The highest BCUT2D eigenvalue weighted by Gasteiger charge is 2.16. The molecule has 0 aromatic rings. The van der Waals surface area contributed by atoms with E-state index in [0.717, 1.165) is 12.8 Å². The molecular weight excluding hydrogens is 164 g/mol. The van der Waals surface area contributed by atoms with Gasteiger partial charge in [-0.15, -0.1) is 11.6 Å². The summed E-state index contributed by atoms with van der Waals surface area (Å²) in [6.07, 6.45) is 5.82. The summed E-state index contributed by atoms with van der Waals surface area (Å²) in [5, 5.41) is 0. The summed E-state index contributed by atoms with van der Waals surface area (Å²) < 4.78 is 5.07. The molecule has 0 aromatic carbocycles. The van der Waals surface area contributed by atoms with E-state index < -0.39 is 0 Å². The third kappa shape index (κ3) is 3.10. The molecule has 1 aliphatic carbocycles. The Morgan fingerprint density at radius 1 is 1.36 bits per heavy atom. The highest BCUT2D eigenvalue weighted by Crippen LogP contribution is 2.20. The van der Waals surface area contributed by atoms with Crippen molar-refractivity contribution in [3.05, 3.63) is 0 Å². The summed E-state index contributed by atoms with van der Waals surface area (Å²) in [5.41, 5.74) is 0. The Balaban J connectivity index is 2.19. The lowest BCUT2D eigenvalue weighted by atomic mass is 9.98. The van der Waals surface area contributed by atoms with Gasteiger partial charge in [0.05, 0.1) is 0 Å². The van der Waals surface area contributed by atoms with Gasteiger partial charge in [0.25, 0.3) is 0 Å². The van der Waals surface area contributed by atoms with E-state index in [0.29, 0.717) is 0 Å². The van der Waals surface area contributed by atoms with E-state index in [-0.39, 0.29) is 18.0 Å². The second kappa shape index (κ2) is 4.60. The average Bonchev–Trinajstić information content (AvgIpc) is 2.06. The second-order valence-corrected chi connectivity index (χ2v) is 3.15. The molecule has 64 valence electrons. The third-order valence-electron chi connectivity index (χ3n) is 1.96. The number of carbonyl (C=O) groups is 1. The second-order valence-electron chi connectivity index (χ2n) is 2.88. The molecule has 1 fully saturated rings. The van der Waals surface area contributed by atoms with E-state index in [4.69, 9.17) is 16.3 Å². The first-order chi connectivity index (χ1) is 5.33. The molecule has 2 nitrogen and oxygen atoms in total. The Labute approximate surface area is 71.9 Å². The van der Waals surface area contributed by atoms with Gasteiger partial charge in [0.1, 0.15) is 12.0 Å².